The van der Waals surface area contributed by atoms with Gasteiger partial charge in [0.1, 0.15) is 11.5 Å². The summed E-state index contributed by atoms with van der Waals surface area (Å²) in [5.74, 6) is 0.536. The molecule has 1 heterocycles. The van der Waals surface area contributed by atoms with Crippen molar-refractivity contribution in [2.45, 2.75) is 121 Å². The van der Waals surface area contributed by atoms with E-state index in [9.17, 15) is 9.59 Å². The van der Waals surface area contributed by atoms with Crippen LogP contribution < -0.4 is 5.32 Å². The number of aliphatic hydroxyl groups excluding tert-OH is 1. The fourth-order valence-corrected chi connectivity index (χ4v) is 2.31. The van der Waals surface area contributed by atoms with Crippen molar-refractivity contribution in [1.82, 2.24) is 20.3 Å². The zero-order chi connectivity index (χ0) is 27.2. The molecule has 0 saturated heterocycles. The molecule has 8 heteroatoms. The van der Waals surface area contributed by atoms with Crippen LogP contribution in [0, 0.1) is 11.8 Å². The predicted molar refractivity (Wildman–Crippen MR) is 141 cm³/mol. The van der Waals surface area contributed by atoms with E-state index in [1.807, 2.05) is 68.5 Å². The van der Waals surface area contributed by atoms with Gasteiger partial charge in [0, 0.05) is 32.0 Å². The Labute approximate surface area is 209 Å². The number of rotatable bonds is 13. The van der Waals surface area contributed by atoms with Crippen molar-refractivity contribution in [2.75, 3.05) is 13.2 Å². The van der Waals surface area contributed by atoms with E-state index in [2.05, 4.69) is 29.5 Å². The van der Waals surface area contributed by atoms with Gasteiger partial charge in [-0.2, -0.15) is 0 Å². The maximum atomic E-state index is 11.8. The maximum absolute atomic E-state index is 11.8. The van der Waals surface area contributed by atoms with E-state index in [4.69, 9.17) is 9.84 Å². The first kappa shape index (κ1) is 36.8. The lowest BCUT2D eigenvalue weighted by Gasteiger charge is -2.25. The van der Waals surface area contributed by atoms with E-state index in [-0.39, 0.29) is 36.1 Å². The highest BCUT2D eigenvalue weighted by atomic mass is 16.5. The molecule has 202 valence electrons. The van der Waals surface area contributed by atoms with Crippen molar-refractivity contribution in [3.8, 4) is 0 Å². The van der Waals surface area contributed by atoms with Gasteiger partial charge in [-0.1, -0.05) is 67.5 Å². The first-order chi connectivity index (χ1) is 16.0. The topological polar surface area (TPSA) is 106 Å². The molecule has 1 aromatic rings. The third-order valence-electron chi connectivity index (χ3n) is 4.25. The molecule has 0 fully saturated rings. The zero-order valence-electron chi connectivity index (χ0n) is 23.9. The van der Waals surface area contributed by atoms with Gasteiger partial charge in [-0.05, 0) is 32.6 Å². The lowest BCUT2D eigenvalue weighted by atomic mass is 10.0. The number of amides is 1. The largest absolute Gasteiger partial charge is 0.396 e. The molecule has 0 unspecified atom stereocenters. The molecule has 34 heavy (non-hydrogen) atoms. The van der Waals surface area contributed by atoms with Crippen molar-refractivity contribution in [1.29, 1.82) is 0 Å². The summed E-state index contributed by atoms with van der Waals surface area (Å²) in [5.41, 5.74) is 0.354. The lowest BCUT2D eigenvalue weighted by molar-refractivity contribution is -0.126. The standard InChI is InChI=1S/C19H34N4O3.C3H8O.2C2H6/c1-14(2)9-10-26-19(5,6)13-23-12-16(21-22-23)11-20-18(25)8-7-17(24)15(3)4;1-2-3-4;2*1-2/h12,14-15H,7-11,13H2,1-6H3,(H,20,25);4H,2-3H2,1H3;2*1-2H3. The number of aromatic nitrogens is 3. The predicted octanol–water partition coefficient (Wildman–Crippen LogP) is 5.18. The number of nitrogens with one attached hydrogen (secondary N) is 1. The summed E-state index contributed by atoms with van der Waals surface area (Å²) in [5, 5.41) is 18.8. The van der Waals surface area contributed by atoms with Crippen LogP contribution in [-0.4, -0.2) is 50.6 Å². The second-order valence-electron chi connectivity index (χ2n) is 8.82. The molecule has 8 nitrogen and oxygen atoms in total. The number of aliphatic hydroxyl groups is 1. The minimum Gasteiger partial charge on any atom is -0.396 e. The summed E-state index contributed by atoms with van der Waals surface area (Å²) in [4.78, 5) is 23.4. The molecule has 0 bridgehead atoms. The van der Waals surface area contributed by atoms with E-state index >= 15 is 0 Å². The van der Waals surface area contributed by atoms with Gasteiger partial charge in [0.25, 0.3) is 0 Å². The molecule has 1 amide bonds. The van der Waals surface area contributed by atoms with Crippen molar-refractivity contribution in [3.05, 3.63) is 11.9 Å². The number of carbonyl (C=O) groups excluding carboxylic acids is 2. The Hall–Kier alpha value is -1.80. The Morgan fingerprint density at radius 3 is 2.15 bits per heavy atom. The van der Waals surface area contributed by atoms with E-state index in [1.165, 1.54) is 0 Å². The van der Waals surface area contributed by atoms with Crippen molar-refractivity contribution in [2.24, 2.45) is 11.8 Å². The number of hydrogen-bond acceptors (Lipinski definition) is 6. The van der Waals surface area contributed by atoms with Gasteiger partial charge in [0.15, 0.2) is 0 Å². The number of ketones is 1. The molecule has 0 spiro atoms. The Bertz CT molecular complexity index is 612. The second kappa shape index (κ2) is 23.0. The van der Waals surface area contributed by atoms with Gasteiger partial charge < -0.3 is 15.2 Å². The number of Topliss-reactive ketones (excluding diaryl/α,β-unsaturated/α-hetero) is 1. The van der Waals surface area contributed by atoms with Crippen LogP contribution >= 0.6 is 0 Å². The highest BCUT2D eigenvalue weighted by Gasteiger charge is 2.20. The third-order valence-corrected chi connectivity index (χ3v) is 4.25. The highest BCUT2D eigenvalue weighted by Crippen LogP contribution is 2.14. The van der Waals surface area contributed by atoms with Gasteiger partial charge in [-0.3, -0.25) is 9.59 Å². The van der Waals surface area contributed by atoms with Gasteiger partial charge in [-0.25, -0.2) is 4.68 Å². The van der Waals surface area contributed by atoms with Crippen LogP contribution in [0.3, 0.4) is 0 Å². The summed E-state index contributed by atoms with van der Waals surface area (Å²) in [6, 6.07) is 0. The summed E-state index contributed by atoms with van der Waals surface area (Å²) in [6.07, 6.45) is 4.20. The fourth-order valence-electron chi connectivity index (χ4n) is 2.31. The smallest absolute Gasteiger partial charge is 0.220 e. The van der Waals surface area contributed by atoms with Crippen LogP contribution in [0.1, 0.15) is 108 Å². The number of ether oxygens (including phenoxy) is 1. The van der Waals surface area contributed by atoms with E-state index in [0.717, 1.165) is 19.4 Å². The van der Waals surface area contributed by atoms with Crippen LogP contribution in [0.25, 0.3) is 0 Å². The van der Waals surface area contributed by atoms with E-state index < -0.39 is 0 Å². The summed E-state index contributed by atoms with van der Waals surface area (Å²) in [6.45, 7) is 24.0. The molecular weight excluding hydrogens is 432 g/mol. The van der Waals surface area contributed by atoms with Crippen molar-refractivity contribution in [3.63, 3.8) is 0 Å². The van der Waals surface area contributed by atoms with Crippen LogP contribution in [-0.2, 0) is 27.4 Å². The van der Waals surface area contributed by atoms with Crippen LogP contribution in [0.2, 0.25) is 0 Å². The average molecular weight is 487 g/mol. The quantitative estimate of drug-likeness (QED) is 0.398. The minimum absolute atomic E-state index is 0.0335. The fraction of sp³-hybridized carbons (Fsp3) is 0.846. The highest BCUT2D eigenvalue weighted by molar-refractivity contribution is 5.85. The molecule has 0 aliphatic rings. The van der Waals surface area contributed by atoms with Gasteiger partial charge in [-0.15, -0.1) is 5.10 Å². The molecule has 0 aliphatic heterocycles. The molecule has 1 aromatic heterocycles. The first-order valence-corrected chi connectivity index (χ1v) is 12.9. The minimum atomic E-state index is -0.333. The van der Waals surface area contributed by atoms with Gasteiger partial charge in [0.2, 0.25) is 5.91 Å². The molecule has 0 saturated carbocycles. The maximum Gasteiger partial charge on any atom is 0.220 e. The Balaban J connectivity index is -0.00000106. The van der Waals surface area contributed by atoms with Crippen molar-refractivity contribution >= 4 is 11.7 Å². The van der Waals surface area contributed by atoms with Crippen molar-refractivity contribution < 1.29 is 19.4 Å². The summed E-state index contributed by atoms with van der Waals surface area (Å²) in [7, 11) is 0. The molecule has 0 aromatic carbocycles. The van der Waals surface area contributed by atoms with E-state index in [0.29, 0.717) is 31.3 Å². The van der Waals surface area contributed by atoms with Crippen LogP contribution in [0.4, 0.5) is 0 Å². The molecule has 2 N–H and O–H groups in total. The normalized spacial score (nSPS) is 10.4. The molecule has 1 rings (SSSR count). The number of hydrogen-bond donors (Lipinski definition) is 2. The van der Waals surface area contributed by atoms with Gasteiger partial charge >= 0.3 is 0 Å². The Kier molecular flexibility index (Phi) is 24.8. The second-order valence-corrected chi connectivity index (χ2v) is 8.82. The third kappa shape index (κ3) is 22.0. The number of carbonyl (C=O) groups is 2. The lowest BCUT2D eigenvalue weighted by Crippen LogP contribution is -2.31. The zero-order valence-corrected chi connectivity index (χ0v) is 23.9. The van der Waals surface area contributed by atoms with E-state index in [1.54, 1.807) is 4.68 Å². The molecule has 0 atom stereocenters. The van der Waals surface area contributed by atoms with Crippen LogP contribution in [0.5, 0.6) is 0 Å². The molecular formula is C26H54N4O4. The monoisotopic (exact) mass is 486 g/mol. The summed E-state index contributed by atoms with van der Waals surface area (Å²) < 4.78 is 7.67. The summed E-state index contributed by atoms with van der Waals surface area (Å²) >= 11 is 0. The Morgan fingerprint density at radius 2 is 1.68 bits per heavy atom. The molecule has 0 radical (unpaired) electrons. The SMILES string of the molecule is CC.CC.CC(C)CCOC(C)(C)Cn1cc(CNC(=O)CCC(=O)C(C)C)nn1.CCCO. The van der Waals surface area contributed by atoms with Crippen LogP contribution in [0.15, 0.2) is 6.20 Å². The first-order valence-electron chi connectivity index (χ1n) is 12.9. The number of nitrogens with zero attached hydrogens (tertiary/aromatic N) is 3. The molecule has 0 aliphatic carbocycles. The Morgan fingerprint density at radius 1 is 1.12 bits per heavy atom. The average Bonchev–Trinajstić information content (AvgIpc) is 3.24. The van der Waals surface area contributed by atoms with Gasteiger partial charge in [0.05, 0.1) is 24.9 Å².